The van der Waals surface area contributed by atoms with Gasteiger partial charge in [-0.05, 0) is 100 Å². The molecule has 46 heavy (non-hydrogen) atoms. The first-order chi connectivity index (χ1) is 22.1. The monoisotopic (exact) mass is 632 g/mol. The van der Waals surface area contributed by atoms with E-state index in [1.54, 1.807) is 30.7 Å². The fourth-order valence-corrected chi connectivity index (χ4v) is 9.31. The van der Waals surface area contributed by atoms with Gasteiger partial charge in [0.25, 0.3) is 0 Å². The molecule has 3 aromatic rings. The summed E-state index contributed by atoms with van der Waals surface area (Å²) in [5.41, 5.74) is 0.00634. The average molecular weight is 633 g/mol. The van der Waals surface area contributed by atoms with Crippen LogP contribution in [0.4, 0.5) is 18.9 Å². The van der Waals surface area contributed by atoms with Crippen LogP contribution in [0.3, 0.4) is 0 Å². The van der Waals surface area contributed by atoms with E-state index in [1.165, 1.54) is 12.1 Å². The minimum absolute atomic E-state index is 0.0259. The summed E-state index contributed by atoms with van der Waals surface area (Å²) in [5.74, 6) is 1.04. The third-order valence-electron chi connectivity index (χ3n) is 11.8. The van der Waals surface area contributed by atoms with Gasteiger partial charge >= 0.3 is 6.18 Å². The number of anilines is 1. The summed E-state index contributed by atoms with van der Waals surface area (Å²) in [6.07, 6.45) is 8.22. The van der Waals surface area contributed by atoms with Gasteiger partial charge in [-0.25, -0.2) is 9.97 Å². The van der Waals surface area contributed by atoms with Crippen LogP contribution in [-0.2, 0) is 16.6 Å². The van der Waals surface area contributed by atoms with Crippen molar-refractivity contribution in [3.63, 3.8) is 0 Å². The Morgan fingerprint density at radius 3 is 2.37 bits per heavy atom. The number of rotatable bonds is 6. The van der Waals surface area contributed by atoms with Crippen molar-refractivity contribution in [3.8, 4) is 11.4 Å². The van der Waals surface area contributed by atoms with Crippen molar-refractivity contribution in [2.45, 2.75) is 93.7 Å². The van der Waals surface area contributed by atoms with Gasteiger partial charge in [0.1, 0.15) is 5.60 Å². The predicted octanol–water partition coefficient (Wildman–Crippen LogP) is 5.64. The largest absolute Gasteiger partial charge is 0.416 e. The number of pyridine rings is 1. The molecule has 5 atom stereocenters. The van der Waals surface area contributed by atoms with Crippen LogP contribution in [0.5, 0.6) is 0 Å². The first-order valence-corrected chi connectivity index (χ1v) is 16.6. The Hall–Kier alpha value is -3.57. The number of halogens is 3. The normalized spacial score (nSPS) is 33.9. The number of carbonyl (C=O) groups excluding carboxylic acids is 1. The van der Waals surface area contributed by atoms with Crippen molar-refractivity contribution in [1.82, 2.24) is 24.8 Å². The van der Waals surface area contributed by atoms with E-state index in [0.717, 1.165) is 63.2 Å². The van der Waals surface area contributed by atoms with E-state index in [4.69, 9.17) is 0 Å². The van der Waals surface area contributed by atoms with E-state index in [1.807, 2.05) is 12.1 Å². The molecule has 4 heterocycles. The quantitative estimate of drug-likeness (QED) is 0.363. The van der Waals surface area contributed by atoms with Crippen LogP contribution in [0.25, 0.3) is 11.4 Å². The standard InChI is InChI=1S/C35H39F3N6O2/c36-35(37,38)23-3-1-4-24(19-23)42-27-20-33(12-9-26(27)33)32(45)44-18-11-28-29(44)10-17-43(28)25-7-13-34(46,14-8-25)30-6-5-22(21-41-30)31-39-15-2-16-40-31/h1-6,15-16,19,21,25-29,42,46H,7-14,17-18,20H2/t25-,26?,27?,28-,29-,33?,34+/m0/s1. The third-order valence-corrected chi connectivity index (χ3v) is 11.8. The molecule has 8 rings (SSSR count). The molecule has 3 saturated carbocycles. The number of likely N-dealkylation sites (tertiary alicyclic amines) is 2. The van der Waals surface area contributed by atoms with Crippen molar-refractivity contribution in [2.75, 3.05) is 18.4 Å². The molecule has 5 aliphatic rings. The Labute approximate surface area is 266 Å². The van der Waals surface area contributed by atoms with E-state index >= 15 is 0 Å². The number of nitrogens with one attached hydrogen (secondary N) is 1. The lowest BCUT2D eigenvalue weighted by atomic mass is 9.44. The molecule has 0 spiro atoms. The first-order valence-electron chi connectivity index (χ1n) is 16.6. The number of alkyl halides is 3. The number of amides is 1. The second kappa shape index (κ2) is 11.0. The number of aliphatic hydroxyl groups is 1. The highest BCUT2D eigenvalue weighted by Gasteiger charge is 2.66. The molecule has 8 nitrogen and oxygen atoms in total. The minimum atomic E-state index is -4.38. The van der Waals surface area contributed by atoms with Crippen molar-refractivity contribution in [1.29, 1.82) is 0 Å². The van der Waals surface area contributed by atoms with Gasteiger partial charge in [0.15, 0.2) is 5.82 Å². The van der Waals surface area contributed by atoms with E-state index in [2.05, 4.69) is 30.1 Å². The molecule has 3 unspecified atom stereocenters. The zero-order valence-electron chi connectivity index (χ0n) is 25.7. The first kappa shape index (κ1) is 29.8. The number of nitrogens with zero attached hydrogens (tertiary/aromatic N) is 5. The zero-order valence-corrected chi connectivity index (χ0v) is 25.7. The molecule has 0 radical (unpaired) electrons. The van der Waals surface area contributed by atoms with Gasteiger partial charge in [0.2, 0.25) is 5.91 Å². The average Bonchev–Trinajstić information content (AvgIpc) is 3.66. The molecule has 2 saturated heterocycles. The van der Waals surface area contributed by atoms with E-state index in [-0.39, 0.29) is 29.3 Å². The van der Waals surface area contributed by atoms with Gasteiger partial charge in [-0.3, -0.25) is 14.7 Å². The maximum atomic E-state index is 14.1. The number of hydrogen-bond donors (Lipinski definition) is 2. The van der Waals surface area contributed by atoms with Crippen LogP contribution in [0.2, 0.25) is 0 Å². The second-order valence-electron chi connectivity index (χ2n) is 14.1. The second-order valence-corrected chi connectivity index (χ2v) is 14.1. The van der Waals surface area contributed by atoms with Crippen molar-refractivity contribution < 1.29 is 23.1 Å². The van der Waals surface area contributed by atoms with E-state index in [0.29, 0.717) is 48.6 Å². The summed E-state index contributed by atoms with van der Waals surface area (Å²) in [6.45, 7) is 1.73. The highest BCUT2D eigenvalue weighted by Crippen LogP contribution is 2.63. The highest BCUT2D eigenvalue weighted by atomic mass is 19.4. The SMILES string of the molecule is O=C(N1CC[C@H]2[C@@H]1CCN2[C@H]1CC[C@](O)(c2ccc(-c3ncccn3)cn2)CC1)C12CCC1C(Nc1cccc(C(F)(F)F)c1)C2. The van der Waals surface area contributed by atoms with Crippen LogP contribution in [-0.4, -0.2) is 73.0 Å². The molecule has 1 amide bonds. The van der Waals surface area contributed by atoms with Crippen LogP contribution >= 0.6 is 0 Å². The summed E-state index contributed by atoms with van der Waals surface area (Å²) in [5, 5.41) is 14.9. The van der Waals surface area contributed by atoms with Gasteiger partial charge in [0.05, 0.1) is 16.7 Å². The topological polar surface area (TPSA) is 94.5 Å². The Morgan fingerprint density at radius 1 is 0.913 bits per heavy atom. The summed E-state index contributed by atoms with van der Waals surface area (Å²) in [4.78, 5) is 32.0. The van der Waals surface area contributed by atoms with Gasteiger partial charge < -0.3 is 15.3 Å². The smallest absolute Gasteiger partial charge is 0.384 e. The molecule has 242 valence electrons. The Bertz CT molecular complexity index is 1600. The van der Waals surface area contributed by atoms with Gasteiger partial charge in [-0.1, -0.05) is 6.07 Å². The van der Waals surface area contributed by atoms with Gasteiger partial charge in [0, 0.05) is 67.1 Å². The summed E-state index contributed by atoms with van der Waals surface area (Å²) in [6, 6.07) is 11.9. The maximum Gasteiger partial charge on any atom is 0.416 e. The summed E-state index contributed by atoms with van der Waals surface area (Å²) >= 11 is 0. The van der Waals surface area contributed by atoms with Crippen LogP contribution < -0.4 is 5.32 Å². The highest BCUT2D eigenvalue weighted by molar-refractivity contribution is 5.86. The molecular weight excluding hydrogens is 593 g/mol. The zero-order chi connectivity index (χ0) is 31.7. The molecule has 1 aromatic carbocycles. The summed E-state index contributed by atoms with van der Waals surface area (Å²) < 4.78 is 39.6. The van der Waals surface area contributed by atoms with Gasteiger partial charge in [-0.2, -0.15) is 13.2 Å². The molecule has 11 heteroatoms. The van der Waals surface area contributed by atoms with E-state index < -0.39 is 17.3 Å². The molecular formula is C35H39F3N6O2. The number of hydrogen-bond acceptors (Lipinski definition) is 7. The fourth-order valence-electron chi connectivity index (χ4n) is 9.31. The number of aromatic nitrogens is 3. The molecule has 2 aromatic heterocycles. The molecule has 2 N–H and O–H groups in total. The van der Waals surface area contributed by atoms with Crippen molar-refractivity contribution in [2.24, 2.45) is 11.3 Å². The third kappa shape index (κ3) is 4.89. The number of benzene rings is 1. The molecule has 0 bridgehead atoms. The number of fused-ring (bicyclic) bond motifs is 2. The minimum Gasteiger partial charge on any atom is -0.384 e. The lowest BCUT2D eigenvalue weighted by Gasteiger charge is -2.63. The van der Waals surface area contributed by atoms with Gasteiger partial charge in [-0.15, -0.1) is 0 Å². The van der Waals surface area contributed by atoms with E-state index in [9.17, 15) is 23.1 Å². The Kier molecular flexibility index (Phi) is 7.13. The maximum absolute atomic E-state index is 14.1. The number of carbonyl (C=O) groups is 1. The summed E-state index contributed by atoms with van der Waals surface area (Å²) in [7, 11) is 0. The molecule has 5 fully saturated rings. The fraction of sp³-hybridized carbons (Fsp3) is 0.543. The predicted molar refractivity (Wildman–Crippen MR) is 165 cm³/mol. The molecule has 2 aliphatic heterocycles. The van der Waals surface area contributed by atoms with Crippen molar-refractivity contribution in [3.05, 3.63) is 72.3 Å². The molecule has 3 aliphatic carbocycles. The lowest BCUT2D eigenvalue weighted by molar-refractivity contribution is -0.172. The lowest BCUT2D eigenvalue weighted by Crippen LogP contribution is -2.68. The Balaban J connectivity index is 0.872. The Morgan fingerprint density at radius 2 is 1.70 bits per heavy atom. The van der Waals surface area contributed by atoms with Crippen LogP contribution in [0.15, 0.2) is 61.1 Å². The van der Waals surface area contributed by atoms with Crippen LogP contribution in [0.1, 0.15) is 69.0 Å². The van der Waals surface area contributed by atoms with Crippen LogP contribution in [0, 0.1) is 11.3 Å². The van der Waals surface area contributed by atoms with Crippen molar-refractivity contribution >= 4 is 11.6 Å².